The summed E-state index contributed by atoms with van der Waals surface area (Å²) in [5, 5.41) is 24.4. The molecule has 0 fully saturated rings. The number of nitrogens with zero attached hydrogens (tertiary/aromatic N) is 1. The first-order valence-electron chi connectivity index (χ1n) is 7.03. The summed E-state index contributed by atoms with van der Waals surface area (Å²) in [6, 6.07) is 7.81. The highest BCUT2D eigenvalue weighted by molar-refractivity contribution is 6.36. The Morgan fingerprint density at radius 3 is 2.68 bits per heavy atom. The number of nitrogens with one attached hydrogen (secondary N) is 1. The third kappa shape index (κ3) is 2.97. The average Bonchev–Trinajstić information content (AvgIpc) is 2.77. The number of ketones is 1. The zero-order chi connectivity index (χ0) is 18.4. The maximum absolute atomic E-state index is 12.5. The Kier molecular flexibility index (Phi) is 4.24. The van der Waals surface area contributed by atoms with E-state index in [0.29, 0.717) is 0 Å². The third-order valence-corrected chi connectivity index (χ3v) is 4.40. The summed E-state index contributed by atoms with van der Waals surface area (Å²) in [5.74, 6) is -1.45. The standard InChI is InChI=1S/C16H10Cl2N2O5/c17-9-5-11(18)14-12(6-9)19-15(22)16(14,23)7-13(21)8-2-1-3-10(4-8)20(24)25/h1-6,23H,7H2,(H,19,22)/t16-/m1/s1. The number of Topliss-reactive ketones (excluding diaryl/α,β-unsaturated/α-hetero) is 1. The fourth-order valence-corrected chi connectivity index (χ4v) is 3.38. The minimum absolute atomic E-state index is 0.00830. The highest BCUT2D eigenvalue weighted by atomic mass is 35.5. The molecular formula is C16H10Cl2N2O5. The number of halogens is 2. The lowest BCUT2D eigenvalue weighted by Gasteiger charge is -2.21. The number of fused-ring (bicyclic) bond motifs is 1. The summed E-state index contributed by atoms with van der Waals surface area (Å²) in [6.45, 7) is 0. The number of hydrogen-bond donors (Lipinski definition) is 2. The SMILES string of the molecule is O=C(C[C@]1(O)C(=O)Nc2cc(Cl)cc(Cl)c21)c1cccc([N+](=O)[O-])c1. The molecule has 2 aromatic carbocycles. The molecule has 0 radical (unpaired) electrons. The van der Waals surface area contributed by atoms with Crippen LogP contribution in [-0.2, 0) is 10.4 Å². The van der Waals surface area contributed by atoms with Gasteiger partial charge in [0.1, 0.15) is 0 Å². The van der Waals surface area contributed by atoms with Crippen LogP contribution in [0.2, 0.25) is 10.0 Å². The molecule has 1 amide bonds. The number of carbonyl (C=O) groups is 2. The molecule has 0 saturated carbocycles. The van der Waals surface area contributed by atoms with Gasteiger partial charge in [0.25, 0.3) is 11.6 Å². The molecule has 9 heteroatoms. The van der Waals surface area contributed by atoms with Crippen molar-refractivity contribution in [2.24, 2.45) is 0 Å². The van der Waals surface area contributed by atoms with Crippen LogP contribution in [0.3, 0.4) is 0 Å². The molecule has 0 aromatic heterocycles. The second-order valence-electron chi connectivity index (χ2n) is 5.53. The fraction of sp³-hybridized carbons (Fsp3) is 0.125. The lowest BCUT2D eigenvalue weighted by molar-refractivity contribution is -0.384. The van der Waals surface area contributed by atoms with E-state index in [4.69, 9.17) is 23.2 Å². The van der Waals surface area contributed by atoms with Gasteiger partial charge in [-0.3, -0.25) is 19.7 Å². The Morgan fingerprint density at radius 2 is 2.00 bits per heavy atom. The number of carbonyl (C=O) groups excluding carboxylic acids is 2. The Labute approximate surface area is 151 Å². The highest BCUT2D eigenvalue weighted by Gasteiger charge is 2.48. The van der Waals surface area contributed by atoms with Gasteiger partial charge in [-0.25, -0.2) is 0 Å². The van der Waals surface area contributed by atoms with Crippen LogP contribution in [0, 0.1) is 10.1 Å². The number of anilines is 1. The van der Waals surface area contributed by atoms with Crippen LogP contribution >= 0.6 is 23.2 Å². The van der Waals surface area contributed by atoms with Gasteiger partial charge in [-0.2, -0.15) is 0 Å². The van der Waals surface area contributed by atoms with E-state index in [-0.39, 0.29) is 32.5 Å². The van der Waals surface area contributed by atoms with Gasteiger partial charge in [0.15, 0.2) is 11.4 Å². The molecule has 1 aliphatic rings. The van der Waals surface area contributed by atoms with Crippen LogP contribution < -0.4 is 5.32 Å². The van der Waals surface area contributed by atoms with Gasteiger partial charge < -0.3 is 10.4 Å². The molecule has 3 rings (SSSR count). The normalized spacial score (nSPS) is 18.6. The lowest BCUT2D eigenvalue weighted by Crippen LogP contribution is -2.36. The molecule has 0 spiro atoms. The number of nitro benzene ring substituents is 1. The highest BCUT2D eigenvalue weighted by Crippen LogP contribution is 2.44. The van der Waals surface area contributed by atoms with Gasteiger partial charge in [0.2, 0.25) is 0 Å². The predicted octanol–water partition coefficient (Wildman–Crippen LogP) is 3.31. The molecule has 2 aromatic rings. The smallest absolute Gasteiger partial charge is 0.270 e. The number of aliphatic hydroxyl groups is 1. The summed E-state index contributed by atoms with van der Waals surface area (Å²) < 4.78 is 0. The number of non-ortho nitro benzene ring substituents is 1. The minimum atomic E-state index is -2.18. The van der Waals surface area contributed by atoms with Gasteiger partial charge in [0, 0.05) is 28.3 Å². The quantitative estimate of drug-likeness (QED) is 0.480. The van der Waals surface area contributed by atoms with E-state index in [0.717, 1.165) is 6.07 Å². The first kappa shape index (κ1) is 17.3. The van der Waals surface area contributed by atoms with Crippen molar-refractivity contribution in [3.63, 3.8) is 0 Å². The van der Waals surface area contributed by atoms with E-state index < -0.39 is 28.6 Å². The van der Waals surface area contributed by atoms with Gasteiger partial charge >= 0.3 is 0 Å². The summed E-state index contributed by atoms with van der Waals surface area (Å²) in [5.41, 5.74) is -2.16. The van der Waals surface area contributed by atoms with Crippen molar-refractivity contribution in [1.29, 1.82) is 0 Å². The number of nitro groups is 1. The maximum atomic E-state index is 12.5. The molecule has 0 aliphatic carbocycles. The summed E-state index contributed by atoms with van der Waals surface area (Å²) in [7, 11) is 0. The summed E-state index contributed by atoms with van der Waals surface area (Å²) in [4.78, 5) is 34.9. The minimum Gasteiger partial charge on any atom is -0.375 e. The molecule has 128 valence electrons. The van der Waals surface area contributed by atoms with Gasteiger partial charge in [-0.05, 0) is 12.1 Å². The summed E-state index contributed by atoms with van der Waals surface area (Å²) >= 11 is 12.0. The Balaban J connectivity index is 1.98. The Morgan fingerprint density at radius 1 is 1.28 bits per heavy atom. The van der Waals surface area contributed by atoms with Crippen LogP contribution in [0.15, 0.2) is 36.4 Å². The number of hydrogen-bond acceptors (Lipinski definition) is 5. The zero-order valence-corrected chi connectivity index (χ0v) is 14.0. The molecule has 25 heavy (non-hydrogen) atoms. The van der Waals surface area contributed by atoms with Crippen molar-refractivity contribution in [2.75, 3.05) is 5.32 Å². The molecule has 0 unspecified atom stereocenters. The van der Waals surface area contributed by atoms with E-state index in [2.05, 4.69) is 5.32 Å². The average molecular weight is 381 g/mol. The number of rotatable bonds is 4. The van der Waals surface area contributed by atoms with E-state index in [9.17, 15) is 24.8 Å². The Hall–Kier alpha value is -2.48. The van der Waals surface area contributed by atoms with Crippen LogP contribution in [-0.4, -0.2) is 21.7 Å². The molecule has 0 saturated heterocycles. The first-order chi connectivity index (χ1) is 11.7. The van der Waals surface area contributed by atoms with Crippen molar-refractivity contribution < 1.29 is 19.6 Å². The van der Waals surface area contributed by atoms with Gasteiger partial charge in [-0.1, -0.05) is 35.3 Å². The second-order valence-corrected chi connectivity index (χ2v) is 6.38. The van der Waals surface area contributed by atoms with Gasteiger partial charge in [0.05, 0.1) is 22.1 Å². The van der Waals surface area contributed by atoms with E-state index in [1.165, 1.54) is 30.3 Å². The largest absolute Gasteiger partial charge is 0.375 e. The molecule has 0 bridgehead atoms. The van der Waals surface area contributed by atoms with Crippen molar-refractivity contribution >= 4 is 46.3 Å². The molecule has 1 heterocycles. The van der Waals surface area contributed by atoms with Crippen molar-refractivity contribution in [2.45, 2.75) is 12.0 Å². The van der Waals surface area contributed by atoms with E-state index in [1.54, 1.807) is 0 Å². The number of amides is 1. The Bertz CT molecular complexity index is 931. The van der Waals surface area contributed by atoms with Crippen LogP contribution in [0.1, 0.15) is 22.3 Å². The maximum Gasteiger partial charge on any atom is 0.270 e. The third-order valence-electron chi connectivity index (χ3n) is 3.89. The lowest BCUT2D eigenvalue weighted by atomic mass is 9.88. The van der Waals surface area contributed by atoms with Crippen LogP contribution in [0.25, 0.3) is 0 Å². The molecule has 2 N–H and O–H groups in total. The molecule has 1 atom stereocenters. The van der Waals surface area contributed by atoms with Crippen LogP contribution in [0.5, 0.6) is 0 Å². The number of benzene rings is 2. The zero-order valence-electron chi connectivity index (χ0n) is 12.5. The van der Waals surface area contributed by atoms with Crippen molar-refractivity contribution in [3.05, 3.63) is 67.7 Å². The molecular weight excluding hydrogens is 371 g/mol. The molecule has 1 aliphatic heterocycles. The second kappa shape index (κ2) is 6.11. The van der Waals surface area contributed by atoms with Crippen LogP contribution in [0.4, 0.5) is 11.4 Å². The van der Waals surface area contributed by atoms with Crippen molar-refractivity contribution in [3.8, 4) is 0 Å². The fourth-order valence-electron chi connectivity index (χ4n) is 2.73. The molecule has 7 nitrogen and oxygen atoms in total. The predicted molar refractivity (Wildman–Crippen MR) is 91.0 cm³/mol. The van der Waals surface area contributed by atoms with Crippen molar-refractivity contribution in [1.82, 2.24) is 0 Å². The monoisotopic (exact) mass is 380 g/mol. The van der Waals surface area contributed by atoms with Gasteiger partial charge in [-0.15, -0.1) is 0 Å². The summed E-state index contributed by atoms with van der Waals surface area (Å²) in [6.07, 6.45) is -0.617. The topological polar surface area (TPSA) is 110 Å². The van der Waals surface area contributed by atoms with E-state index >= 15 is 0 Å². The van der Waals surface area contributed by atoms with E-state index in [1.807, 2.05) is 0 Å². The first-order valence-corrected chi connectivity index (χ1v) is 7.79.